The highest BCUT2D eigenvalue weighted by atomic mass is 16.5. The first kappa shape index (κ1) is 11.4. The van der Waals surface area contributed by atoms with Crippen LogP contribution < -0.4 is 10.5 Å². The molecule has 1 fully saturated rings. The van der Waals surface area contributed by atoms with Gasteiger partial charge in [0.05, 0.1) is 6.10 Å². The molecule has 1 aromatic carbocycles. The van der Waals surface area contributed by atoms with Crippen molar-refractivity contribution in [3.8, 4) is 5.75 Å². The Labute approximate surface area is 96.5 Å². The Morgan fingerprint density at radius 3 is 3.00 bits per heavy atom. The Morgan fingerprint density at radius 1 is 1.50 bits per heavy atom. The summed E-state index contributed by atoms with van der Waals surface area (Å²) in [4.78, 5) is 0. The first-order chi connectivity index (χ1) is 7.77. The summed E-state index contributed by atoms with van der Waals surface area (Å²) in [6, 6.07) is 7.93. The van der Waals surface area contributed by atoms with Gasteiger partial charge in [-0.15, -0.1) is 0 Å². The number of hydrogen-bond acceptors (Lipinski definition) is 3. The Hall–Kier alpha value is -1.06. The predicted molar refractivity (Wildman–Crippen MR) is 63.5 cm³/mol. The predicted octanol–water partition coefficient (Wildman–Crippen LogP) is 2.26. The van der Waals surface area contributed by atoms with Crippen molar-refractivity contribution >= 4 is 0 Å². The maximum Gasteiger partial charge on any atom is 0.124 e. The van der Waals surface area contributed by atoms with E-state index in [9.17, 15) is 0 Å². The zero-order valence-corrected chi connectivity index (χ0v) is 9.69. The van der Waals surface area contributed by atoms with Gasteiger partial charge in [0.2, 0.25) is 0 Å². The van der Waals surface area contributed by atoms with E-state index in [4.69, 9.17) is 15.2 Å². The molecular weight excluding hydrogens is 202 g/mol. The quantitative estimate of drug-likeness (QED) is 0.848. The standard InChI is InChI=1S/C13H19NO2/c1-10(14)12-6-2-3-7-13(12)16-9-11-5-4-8-15-11/h2-3,6-7,10-11H,4-5,8-9,14H2,1H3/t10-,11?/m0/s1. The van der Waals surface area contributed by atoms with Gasteiger partial charge in [-0.05, 0) is 25.8 Å². The highest BCUT2D eigenvalue weighted by Gasteiger charge is 2.17. The average Bonchev–Trinajstić information content (AvgIpc) is 2.79. The smallest absolute Gasteiger partial charge is 0.124 e. The largest absolute Gasteiger partial charge is 0.491 e. The topological polar surface area (TPSA) is 44.5 Å². The van der Waals surface area contributed by atoms with Crippen LogP contribution in [0.4, 0.5) is 0 Å². The van der Waals surface area contributed by atoms with Crippen LogP contribution >= 0.6 is 0 Å². The van der Waals surface area contributed by atoms with Crippen molar-refractivity contribution < 1.29 is 9.47 Å². The molecule has 0 radical (unpaired) electrons. The number of ether oxygens (including phenoxy) is 2. The van der Waals surface area contributed by atoms with Crippen LogP contribution in [0.3, 0.4) is 0 Å². The van der Waals surface area contributed by atoms with Crippen molar-refractivity contribution in [2.75, 3.05) is 13.2 Å². The summed E-state index contributed by atoms with van der Waals surface area (Å²) in [6.45, 7) is 3.46. The van der Waals surface area contributed by atoms with E-state index in [0.29, 0.717) is 6.61 Å². The van der Waals surface area contributed by atoms with E-state index in [1.54, 1.807) is 0 Å². The maximum atomic E-state index is 5.89. The number of nitrogens with two attached hydrogens (primary N) is 1. The van der Waals surface area contributed by atoms with E-state index in [-0.39, 0.29) is 12.1 Å². The molecule has 1 saturated heterocycles. The number of rotatable bonds is 4. The van der Waals surface area contributed by atoms with Gasteiger partial charge in [-0.1, -0.05) is 18.2 Å². The lowest BCUT2D eigenvalue weighted by Crippen LogP contribution is -2.17. The summed E-state index contributed by atoms with van der Waals surface area (Å²) >= 11 is 0. The van der Waals surface area contributed by atoms with Crippen molar-refractivity contribution in [3.63, 3.8) is 0 Å². The third kappa shape index (κ3) is 2.74. The molecule has 0 aliphatic carbocycles. The fourth-order valence-corrected chi connectivity index (χ4v) is 1.95. The number of para-hydroxylation sites is 1. The molecule has 2 atom stereocenters. The number of hydrogen-bond donors (Lipinski definition) is 1. The van der Waals surface area contributed by atoms with Crippen LogP contribution in [0, 0.1) is 0 Å². The van der Waals surface area contributed by atoms with E-state index in [1.165, 1.54) is 0 Å². The summed E-state index contributed by atoms with van der Waals surface area (Å²) in [6.07, 6.45) is 2.49. The maximum absolute atomic E-state index is 5.89. The molecule has 0 amide bonds. The number of benzene rings is 1. The normalized spacial score (nSPS) is 22.0. The van der Waals surface area contributed by atoms with Gasteiger partial charge in [-0.25, -0.2) is 0 Å². The van der Waals surface area contributed by atoms with Crippen LogP contribution in [0.15, 0.2) is 24.3 Å². The van der Waals surface area contributed by atoms with E-state index in [0.717, 1.165) is 30.8 Å². The highest BCUT2D eigenvalue weighted by molar-refractivity contribution is 5.35. The van der Waals surface area contributed by atoms with Crippen LogP contribution in [0.25, 0.3) is 0 Å². The molecule has 3 nitrogen and oxygen atoms in total. The second-order valence-electron chi connectivity index (χ2n) is 4.27. The summed E-state index contributed by atoms with van der Waals surface area (Å²) in [5.74, 6) is 0.882. The molecule has 16 heavy (non-hydrogen) atoms. The molecule has 1 aliphatic heterocycles. The van der Waals surface area contributed by atoms with E-state index >= 15 is 0 Å². The minimum absolute atomic E-state index is 0.000645. The molecule has 1 aliphatic rings. The minimum atomic E-state index is 0.000645. The van der Waals surface area contributed by atoms with E-state index in [2.05, 4.69) is 0 Å². The van der Waals surface area contributed by atoms with Gasteiger partial charge in [0, 0.05) is 18.2 Å². The first-order valence-electron chi connectivity index (χ1n) is 5.86. The first-order valence-corrected chi connectivity index (χ1v) is 5.86. The van der Waals surface area contributed by atoms with Crippen molar-refractivity contribution in [2.45, 2.75) is 31.9 Å². The fraction of sp³-hybridized carbons (Fsp3) is 0.538. The average molecular weight is 221 g/mol. The van der Waals surface area contributed by atoms with Gasteiger partial charge in [0.1, 0.15) is 12.4 Å². The molecule has 1 heterocycles. The lowest BCUT2D eigenvalue weighted by atomic mass is 10.1. The van der Waals surface area contributed by atoms with Crippen molar-refractivity contribution in [1.29, 1.82) is 0 Å². The van der Waals surface area contributed by atoms with Gasteiger partial charge in [0.25, 0.3) is 0 Å². The molecule has 0 saturated carbocycles. The van der Waals surface area contributed by atoms with Gasteiger partial charge >= 0.3 is 0 Å². The minimum Gasteiger partial charge on any atom is -0.491 e. The van der Waals surface area contributed by atoms with Crippen LogP contribution in [-0.4, -0.2) is 19.3 Å². The monoisotopic (exact) mass is 221 g/mol. The lowest BCUT2D eigenvalue weighted by molar-refractivity contribution is 0.0675. The zero-order chi connectivity index (χ0) is 11.4. The van der Waals surface area contributed by atoms with Crippen molar-refractivity contribution in [2.24, 2.45) is 5.73 Å². The molecule has 1 unspecified atom stereocenters. The van der Waals surface area contributed by atoms with Crippen LogP contribution in [0.1, 0.15) is 31.4 Å². The summed E-state index contributed by atoms with van der Waals surface area (Å²) in [5, 5.41) is 0. The Kier molecular flexibility index (Phi) is 3.80. The molecule has 2 rings (SSSR count). The molecular formula is C13H19NO2. The molecule has 2 N–H and O–H groups in total. The molecule has 0 aromatic heterocycles. The van der Waals surface area contributed by atoms with Gasteiger partial charge in [0.15, 0.2) is 0 Å². The van der Waals surface area contributed by atoms with Crippen LogP contribution in [-0.2, 0) is 4.74 Å². The van der Waals surface area contributed by atoms with Gasteiger partial charge in [-0.3, -0.25) is 0 Å². The van der Waals surface area contributed by atoms with Crippen LogP contribution in [0.2, 0.25) is 0 Å². The third-order valence-electron chi connectivity index (χ3n) is 2.86. The van der Waals surface area contributed by atoms with Crippen molar-refractivity contribution in [3.05, 3.63) is 29.8 Å². The molecule has 1 aromatic rings. The molecule has 3 heteroatoms. The van der Waals surface area contributed by atoms with Crippen LogP contribution in [0.5, 0.6) is 5.75 Å². The van der Waals surface area contributed by atoms with E-state index in [1.807, 2.05) is 31.2 Å². The highest BCUT2D eigenvalue weighted by Crippen LogP contribution is 2.24. The SMILES string of the molecule is C[C@H](N)c1ccccc1OCC1CCCO1. The Morgan fingerprint density at radius 2 is 2.31 bits per heavy atom. The summed E-state index contributed by atoms with van der Waals surface area (Å²) in [7, 11) is 0. The molecule has 0 bridgehead atoms. The summed E-state index contributed by atoms with van der Waals surface area (Å²) in [5.41, 5.74) is 6.94. The zero-order valence-electron chi connectivity index (χ0n) is 9.69. The second kappa shape index (κ2) is 5.32. The molecule has 88 valence electrons. The fourth-order valence-electron chi connectivity index (χ4n) is 1.95. The third-order valence-corrected chi connectivity index (χ3v) is 2.86. The Balaban J connectivity index is 1.97. The lowest BCUT2D eigenvalue weighted by Gasteiger charge is -2.16. The van der Waals surface area contributed by atoms with Crippen molar-refractivity contribution in [1.82, 2.24) is 0 Å². The molecule has 0 spiro atoms. The van der Waals surface area contributed by atoms with E-state index < -0.39 is 0 Å². The van der Waals surface area contributed by atoms with Gasteiger partial charge < -0.3 is 15.2 Å². The van der Waals surface area contributed by atoms with Gasteiger partial charge in [-0.2, -0.15) is 0 Å². The Bertz CT molecular complexity index is 332. The second-order valence-corrected chi connectivity index (χ2v) is 4.27. The summed E-state index contributed by atoms with van der Waals surface area (Å²) < 4.78 is 11.3.